The largest absolute Gasteiger partial charge is 0.393 e. The lowest BCUT2D eigenvalue weighted by atomic mass is 10.2. The first-order valence-corrected chi connectivity index (χ1v) is 8.68. The van der Waals surface area contributed by atoms with Crippen LogP contribution in [-0.4, -0.2) is 30.9 Å². The van der Waals surface area contributed by atoms with Crippen LogP contribution in [0.4, 0.5) is 11.4 Å². The molecule has 2 rings (SSSR count). The fourth-order valence-corrected chi connectivity index (χ4v) is 4.38. The average molecular weight is 317 g/mol. The van der Waals surface area contributed by atoms with Gasteiger partial charge in [0.15, 0.2) is 0 Å². The Balaban J connectivity index is 2.24. The van der Waals surface area contributed by atoms with Crippen molar-refractivity contribution in [2.24, 2.45) is 0 Å². The quantitative estimate of drug-likeness (QED) is 0.492. The molecule has 7 nitrogen and oxygen atoms in total. The molecule has 0 aromatic heterocycles. The Morgan fingerprint density at radius 1 is 1.35 bits per heavy atom. The number of nitrogens with two attached hydrogens (primary N) is 1. The summed E-state index contributed by atoms with van der Waals surface area (Å²) >= 11 is 1.79. The van der Waals surface area contributed by atoms with E-state index in [0.29, 0.717) is 0 Å². The first-order chi connectivity index (χ1) is 9.40. The minimum Gasteiger partial charge on any atom is -0.393 e. The van der Waals surface area contributed by atoms with Gasteiger partial charge in [-0.2, -0.15) is 11.8 Å². The van der Waals surface area contributed by atoms with Crippen LogP contribution in [0.5, 0.6) is 0 Å². The Hall–Kier alpha value is -1.32. The van der Waals surface area contributed by atoms with Crippen LogP contribution in [0, 0.1) is 10.1 Å². The molecule has 1 saturated heterocycles. The van der Waals surface area contributed by atoms with E-state index in [-0.39, 0.29) is 16.6 Å². The predicted molar refractivity (Wildman–Crippen MR) is 78.2 cm³/mol. The zero-order chi connectivity index (χ0) is 14.8. The molecule has 20 heavy (non-hydrogen) atoms. The Morgan fingerprint density at radius 3 is 2.60 bits per heavy atom. The molecule has 0 aliphatic carbocycles. The molecule has 0 unspecified atom stereocenters. The minimum atomic E-state index is -3.75. The SMILES string of the molecule is Nc1ccc(S(=O)(=O)NC2CCSCC2)cc1[N+](=O)[O-]. The van der Waals surface area contributed by atoms with Crippen LogP contribution >= 0.6 is 11.8 Å². The fourth-order valence-electron chi connectivity index (χ4n) is 1.95. The molecule has 110 valence electrons. The molecular weight excluding hydrogens is 302 g/mol. The number of hydrogen-bond donors (Lipinski definition) is 2. The number of nitrogens with zero attached hydrogens (tertiary/aromatic N) is 1. The molecule has 0 radical (unpaired) electrons. The number of nitrogens with one attached hydrogen (secondary N) is 1. The molecule has 0 atom stereocenters. The minimum absolute atomic E-state index is 0.0528. The van der Waals surface area contributed by atoms with E-state index in [4.69, 9.17) is 5.73 Å². The summed E-state index contributed by atoms with van der Waals surface area (Å²) in [4.78, 5) is 9.98. The van der Waals surface area contributed by atoms with Gasteiger partial charge in [-0.3, -0.25) is 10.1 Å². The molecule has 0 bridgehead atoms. The molecule has 1 aliphatic heterocycles. The number of nitrogen functional groups attached to an aromatic ring is 1. The van der Waals surface area contributed by atoms with E-state index in [2.05, 4.69) is 4.72 Å². The van der Waals surface area contributed by atoms with Gasteiger partial charge in [0.25, 0.3) is 5.69 Å². The number of anilines is 1. The lowest BCUT2D eigenvalue weighted by molar-refractivity contribution is -0.384. The molecule has 1 aromatic rings. The maximum absolute atomic E-state index is 12.2. The molecular formula is C11H15N3O4S2. The van der Waals surface area contributed by atoms with Gasteiger partial charge in [0.1, 0.15) is 5.69 Å². The van der Waals surface area contributed by atoms with Gasteiger partial charge in [0, 0.05) is 12.1 Å². The summed E-state index contributed by atoms with van der Waals surface area (Å²) < 4.78 is 27.0. The van der Waals surface area contributed by atoms with Crippen molar-refractivity contribution in [1.29, 1.82) is 0 Å². The van der Waals surface area contributed by atoms with Crippen LogP contribution in [0.25, 0.3) is 0 Å². The normalized spacial score (nSPS) is 17.0. The van der Waals surface area contributed by atoms with Gasteiger partial charge in [-0.25, -0.2) is 13.1 Å². The summed E-state index contributed by atoms with van der Waals surface area (Å²) in [6, 6.07) is 3.40. The second kappa shape index (κ2) is 5.98. The molecule has 0 amide bonds. The van der Waals surface area contributed by atoms with E-state index in [9.17, 15) is 18.5 Å². The lowest BCUT2D eigenvalue weighted by Gasteiger charge is -2.22. The predicted octanol–water partition coefficient (Wildman–Crippen LogP) is 1.35. The highest BCUT2D eigenvalue weighted by atomic mass is 32.2. The van der Waals surface area contributed by atoms with E-state index in [1.807, 2.05) is 0 Å². The van der Waals surface area contributed by atoms with Crippen molar-refractivity contribution >= 4 is 33.2 Å². The first-order valence-electron chi connectivity index (χ1n) is 6.04. The second-order valence-electron chi connectivity index (χ2n) is 4.49. The molecule has 0 spiro atoms. The molecule has 1 aliphatic rings. The van der Waals surface area contributed by atoms with Gasteiger partial charge in [0.2, 0.25) is 10.0 Å². The maximum atomic E-state index is 12.2. The third-order valence-corrected chi connectivity index (χ3v) is 5.62. The van der Waals surface area contributed by atoms with Crippen molar-refractivity contribution in [3.05, 3.63) is 28.3 Å². The van der Waals surface area contributed by atoms with E-state index in [1.54, 1.807) is 11.8 Å². The summed E-state index contributed by atoms with van der Waals surface area (Å²) in [6.07, 6.45) is 1.53. The number of sulfonamides is 1. The third kappa shape index (κ3) is 3.41. The van der Waals surface area contributed by atoms with Crippen LogP contribution < -0.4 is 10.5 Å². The first kappa shape index (κ1) is 15.1. The highest BCUT2D eigenvalue weighted by Crippen LogP contribution is 2.25. The van der Waals surface area contributed by atoms with E-state index < -0.39 is 20.6 Å². The van der Waals surface area contributed by atoms with Crippen LogP contribution in [0.1, 0.15) is 12.8 Å². The van der Waals surface area contributed by atoms with Crippen molar-refractivity contribution in [3.63, 3.8) is 0 Å². The van der Waals surface area contributed by atoms with Crippen LogP contribution in [-0.2, 0) is 10.0 Å². The number of rotatable bonds is 4. The molecule has 9 heteroatoms. The molecule has 1 aromatic carbocycles. The van der Waals surface area contributed by atoms with E-state index >= 15 is 0 Å². The van der Waals surface area contributed by atoms with Crippen LogP contribution in [0.15, 0.2) is 23.1 Å². The molecule has 3 N–H and O–H groups in total. The zero-order valence-corrected chi connectivity index (χ0v) is 12.2. The summed E-state index contributed by atoms with van der Waals surface area (Å²) in [5, 5.41) is 10.8. The van der Waals surface area contributed by atoms with Gasteiger partial charge >= 0.3 is 0 Å². The van der Waals surface area contributed by atoms with E-state index in [0.717, 1.165) is 30.4 Å². The van der Waals surface area contributed by atoms with Crippen LogP contribution in [0.2, 0.25) is 0 Å². The molecule has 0 saturated carbocycles. The van der Waals surface area contributed by atoms with Gasteiger partial charge in [-0.15, -0.1) is 0 Å². The molecule has 1 heterocycles. The number of nitro groups is 1. The summed E-state index contributed by atoms with van der Waals surface area (Å²) in [5.74, 6) is 1.82. The Bertz CT molecular complexity index is 612. The van der Waals surface area contributed by atoms with Crippen molar-refractivity contribution in [3.8, 4) is 0 Å². The number of thioether (sulfide) groups is 1. The second-order valence-corrected chi connectivity index (χ2v) is 7.42. The maximum Gasteiger partial charge on any atom is 0.293 e. The fraction of sp³-hybridized carbons (Fsp3) is 0.455. The van der Waals surface area contributed by atoms with Gasteiger partial charge in [-0.1, -0.05) is 0 Å². The monoisotopic (exact) mass is 317 g/mol. The van der Waals surface area contributed by atoms with Crippen molar-refractivity contribution in [1.82, 2.24) is 4.72 Å². The van der Waals surface area contributed by atoms with Crippen molar-refractivity contribution < 1.29 is 13.3 Å². The summed E-state index contributed by atoms with van der Waals surface area (Å²) in [6.45, 7) is 0. The number of hydrogen-bond acceptors (Lipinski definition) is 6. The van der Waals surface area contributed by atoms with Crippen LogP contribution in [0.3, 0.4) is 0 Å². The number of nitro benzene ring substituents is 1. The zero-order valence-electron chi connectivity index (χ0n) is 10.6. The summed E-state index contributed by atoms with van der Waals surface area (Å²) in [7, 11) is -3.75. The van der Waals surface area contributed by atoms with Crippen molar-refractivity contribution in [2.45, 2.75) is 23.8 Å². The average Bonchev–Trinajstić information content (AvgIpc) is 2.39. The summed E-state index contributed by atoms with van der Waals surface area (Å²) in [5.41, 5.74) is 5.01. The standard InChI is InChI=1S/C11H15N3O4S2/c12-10-2-1-9(7-11(10)14(15)16)20(17,18)13-8-3-5-19-6-4-8/h1-2,7-8,13H,3-6,12H2. The van der Waals surface area contributed by atoms with Gasteiger partial charge in [0.05, 0.1) is 9.82 Å². The third-order valence-electron chi connectivity index (χ3n) is 3.05. The Morgan fingerprint density at radius 2 is 2.00 bits per heavy atom. The Kier molecular flexibility index (Phi) is 4.51. The Labute approximate surface area is 121 Å². The topological polar surface area (TPSA) is 115 Å². The smallest absolute Gasteiger partial charge is 0.293 e. The highest BCUT2D eigenvalue weighted by Gasteiger charge is 2.24. The van der Waals surface area contributed by atoms with Gasteiger partial charge < -0.3 is 5.73 Å². The number of benzene rings is 1. The highest BCUT2D eigenvalue weighted by molar-refractivity contribution is 7.99. The lowest BCUT2D eigenvalue weighted by Crippen LogP contribution is -2.37. The van der Waals surface area contributed by atoms with Gasteiger partial charge in [-0.05, 0) is 36.5 Å². The van der Waals surface area contributed by atoms with Crippen molar-refractivity contribution in [2.75, 3.05) is 17.2 Å². The molecule has 1 fully saturated rings. The van der Waals surface area contributed by atoms with E-state index in [1.165, 1.54) is 12.1 Å².